The first kappa shape index (κ1) is 33.5. The normalized spacial score (nSPS) is 23.7. The lowest BCUT2D eigenvalue weighted by molar-refractivity contribution is -0.148. The second-order valence-electron chi connectivity index (χ2n) is 12.0. The van der Waals surface area contributed by atoms with Crippen LogP contribution in [0.4, 0.5) is 4.79 Å². The van der Waals surface area contributed by atoms with E-state index in [2.05, 4.69) is 51.1 Å². The molecular weight excluding hydrogens is 558 g/mol. The van der Waals surface area contributed by atoms with Crippen molar-refractivity contribution < 1.29 is 37.8 Å². The molecular formula is C30H45N3O8Si. The number of nitrogens with zero attached hydrogens (tertiary/aromatic N) is 1. The predicted molar refractivity (Wildman–Crippen MR) is 160 cm³/mol. The van der Waals surface area contributed by atoms with Gasteiger partial charge in [0.1, 0.15) is 18.2 Å². The molecule has 2 heterocycles. The molecule has 1 aromatic rings. The van der Waals surface area contributed by atoms with Crippen molar-refractivity contribution in [3.8, 4) is 0 Å². The maximum Gasteiger partial charge on any atom is 0.328 e. The lowest BCUT2D eigenvalue weighted by Gasteiger charge is -2.41. The maximum atomic E-state index is 14.0. The van der Waals surface area contributed by atoms with Crippen LogP contribution in [-0.2, 0) is 39.4 Å². The first-order valence-corrected chi connectivity index (χ1v) is 16.9. The van der Waals surface area contributed by atoms with Gasteiger partial charge in [-0.3, -0.25) is 9.69 Å². The summed E-state index contributed by atoms with van der Waals surface area (Å²) >= 11 is 0. The van der Waals surface area contributed by atoms with Gasteiger partial charge in [0.15, 0.2) is 20.6 Å². The fourth-order valence-electron chi connectivity index (χ4n) is 4.43. The van der Waals surface area contributed by atoms with E-state index in [1.54, 1.807) is 13.3 Å². The number of allylic oxidation sites excluding steroid dienone is 1. The van der Waals surface area contributed by atoms with Gasteiger partial charge in [0.2, 0.25) is 0 Å². The minimum absolute atomic E-state index is 0.177. The second kappa shape index (κ2) is 14.0. The van der Waals surface area contributed by atoms with Crippen LogP contribution in [0.2, 0.25) is 18.1 Å². The number of hydrogen-bond acceptors (Lipinski definition) is 8. The number of ether oxygens (including phenoxy) is 4. The number of carbonyl (C=O) groups is 3. The van der Waals surface area contributed by atoms with Crippen LogP contribution in [0, 0.1) is 0 Å². The van der Waals surface area contributed by atoms with Gasteiger partial charge in [0, 0.05) is 25.4 Å². The Balaban J connectivity index is 2.01. The van der Waals surface area contributed by atoms with Crippen molar-refractivity contribution in [2.75, 3.05) is 27.4 Å². The fraction of sp³-hybridized carbons (Fsp3) is 0.567. The van der Waals surface area contributed by atoms with E-state index < -0.39 is 56.8 Å². The van der Waals surface area contributed by atoms with Crippen LogP contribution in [-0.4, -0.2) is 89.1 Å². The van der Waals surface area contributed by atoms with Gasteiger partial charge in [0.25, 0.3) is 5.91 Å². The van der Waals surface area contributed by atoms with E-state index in [4.69, 9.17) is 23.4 Å². The first-order valence-electron chi connectivity index (χ1n) is 14.0. The highest BCUT2D eigenvalue weighted by Crippen LogP contribution is 2.41. The Morgan fingerprint density at radius 2 is 1.81 bits per heavy atom. The molecule has 0 spiro atoms. The van der Waals surface area contributed by atoms with Gasteiger partial charge in [-0.25, -0.2) is 9.59 Å². The summed E-state index contributed by atoms with van der Waals surface area (Å²) in [5, 5.41) is 5.34. The average Bonchev–Trinajstić information content (AvgIpc) is 3.27. The van der Waals surface area contributed by atoms with Crippen molar-refractivity contribution in [2.24, 2.45) is 0 Å². The molecule has 3 rings (SSSR count). The second-order valence-corrected chi connectivity index (χ2v) is 16.8. The Hall–Kier alpha value is -3.03. The lowest BCUT2D eigenvalue weighted by Crippen LogP contribution is -2.56. The third-order valence-corrected chi connectivity index (χ3v) is 12.4. The van der Waals surface area contributed by atoms with Crippen LogP contribution >= 0.6 is 0 Å². The number of nitrogens with one attached hydrogen (secondary N) is 2. The largest absolute Gasteiger partial charge is 0.467 e. The summed E-state index contributed by atoms with van der Waals surface area (Å²) < 4.78 is 29.6. The summed E-state index contributed by atoms with van der Waals surface area (Å²) in [5.41, 5.74) is 2.03. The highest BCUT2D eigenvalue weighted by atomic mass is 28.4. The van der Waals surface area contributed by atoms with E-state index in [0.29, 0.717) is 5.70 Å². The van der Waals surface area contributed by atoms with Crippen LogP contribution in [0.1, 0.15) is 33.3 Å². The molecule has 2 aliphatic heterocycles. The summed E-state index contributed by atoms with van der Waals surface area (Å²) in [7, 11) is 0.321. The van der Waals surface area contributed by atoms with Crippen molar-refractivity contribution >= 4 is 26.2 Å². The van der Waals surface area contributed by atoms with Gasteiger partial charge in [-0.15, -0.1) is 0 Å². The number of benzene rings is 1. The summed E-state index contributed by atoms with van der Waals surface area (Å²) in [6.07, 6.45) is -2.12. The zero-order chi connectivity index (χ0) is 31.2. The van der Waals surface area contributed by atoms with E-state index in [0.717, 1.165) is 11.1 Å². The molecule has 0 bridgehead atoms. The van der Waals surface area contributed by atoms with Gasteiger partial charge >= 0.3 is 12.0 Å². The lowest BCUT2D eigenvalue weighted by atomic mass is 10.0. The highest BCUT2D eigenvalue weighted by Gasteiger charge is 2.56. The molecule has 3 unspecified atom stereocenters. The molecule has 1 saturated heterocycles. The van der Waals surface area contributed by atoms with Crippen molar-refractivity contribution in [2.45, 2.75) is 82.8 Å². The Bertz CT molecular complexity index is 1170. The average molecular weight is 604 g/mol. The Labute approximate surface area is 249 Å². The van der Waals surface area contributed by atoms with Gasteiger partial charge in [-0.2, -0.15) is 0 Å². The molecule has 1 aromatic carbocycles. The first-order chi connectivity index (χ1) is 19.7. The van der Waals surface area contributed by atoms with Gasteiger partial charge in [0.05, 0.1) is 20.3 Å². The van der Waals surface area contributed by atoms with Gasteiger partial charge in [-0.1, -0.05) is 57.7 Å². The zero-order valence-corrected chi connectivity index (χ0v) is 26.9. The summed E-state index contributed by atoms with van der Waals surface area (Å²) in [4.78, 5) is 41.2. The van der Waals surface area contributed by atoms with Crippen molar-refractivity contribution in [3.63, 3.8) is 0 Å². The number of hydrogen-bond donors (Lipinski definition) is 2. The number of urea groups is 1. The molecule has 5 atom stereocenters. The van der Waals surface area contributed by atoms with E-state index >= 15 is 0 Å². The maximum absolute atomic E-state index is 14.0. The van der Waals surface area contributed by atoms with Crippen molar-refractivity contribution in [1.29, 1.82) is 0 Å². The Morgan fingerprint density at radius 1 is 1.14 bits per heavy atom. The van der Waals surface area contributed by atoms with Crippen LogP contribution in [0.25, 0.3) is 0 Å². The highest BCUT2D eigenvalue weighted by molar-refractivity contribution is 6.74. The Kier molecular flexibility index (Phi) is 11.1. The SMILES string of the molecule is C=C1NC(=O)N([C@H]2O[C@H](C(=O)NC(Cc3ccccc3)C(=O)OC)C(O[Si](C)(C)C(C)(C)C)C2OCCOC)C=C1C. The summed E-state index contributed by atoms with van der Waals surface area (Å²) in [5.74, 6) is -1.17. The molecule has 12 heteroatoms. The third-order valence-electron chi connectivity index (χ3n) is 7.94. The standard InChI is InChI=1S/C30H45N3O8Si/c1-19-18-33(29(36)31-20(19)2)27-25(39-16-15-37-6)23(41-42(8,9)30(3,4)5)24(40-27)26(34)32-22(28(35)38-7)17-21-13-11-10-12-14-21/h10-14,18,22-25,27H,2,15-17H2,1,3-9H3,(H,31,36)(H,32,34)/t22?,23?,24-,25?,27-/m0/s1. The van der Waals surface area contributed by atoms with Gasteiger partial charge in [-0.05, 0) is 36.2 Å². The summed E-state index contributed by atoms with van der Waals surface area (Å²) in [6.45, 7) is 16.5. The van der Waals surface area contributed by atoms with E-state index in [9.17, 15) is 14.4 Å². The number of carbonyl (C=O) groups excluding carboxylic acids is 3. The molecule has 1 fully saturated rings. The van der Waals surface area contributed by atoms with Crippen LogP contribution in [0.5, 0.6) is 0 Å². The number of rotatable bonds is 12. The molecule has 2 aliphatic rings. The predicted octanol–water partition coefficient (Wildman–Crippen LogP) is 3.48. The van der Waals surface area contributed by atoms with E-state index in [1.807, 2.05) is 37.3 Å². The molecule has 0 saturated carbocycles. The molecule has 2 N–H and O–H groups in total. The monoisotopic (exact) mass is 603 g/mol. The van der Waals surface area contributed by atoms with Gasteiger partial charge < -0.3 is 34.0 Å². The topological polar surface area (TPSA) is 125 Å². The quantitative estimate of drug-likeness (QED) is 0.211. The van der Waals surface area contributed by atoms with Crippen molar-refractivity contribution in [1.82, 2.24) is 15.5 Å². The van der Waals surface area contributed by atoms with Crippen LogP contribution < -0.4 is 10.6 Å². The minimum Gasteiger partial charge on any atom is -0.467 e. The van der Waals surface area contributed by atoms with E-state index in [1.165, 1.54) is 12.0 Å². The molecule has 0 aliphatic carbocycles. The van der Waals surface area contributed by atoms with Crippen LogP contribution in [0.3, 0.4) is 0 Å². The Morgan fingerprint density at radius 3 is 2.40 bits per heavy atom. The molecule has 42 heavy (non-hydrogen) atoms. The molecule has 232 valence electrons. The summed E-state index contributed by atoms with van der Waals surface area (Å²) in [6, 6.07) is 7.87. The van der Waals surface area contributed by atoms with Crippen molar-refractivity contribution in [3.05, 3.63) is 59.9 Å². The molecule has 0 radical (unpaired) electrons. The molecule has 3 amide bonds. The molecule has 11 nitrogen and oxygen atoms in total. The fourth-order valence-corrected chi connectivity index (χ4v) is 5.72. The number of esters is 1. The molecule has 0 aromatic heterocycles. The number of methoxy groups -OCH3 is 2. The minimum atomic E-state index is -2.51. The number of amides is 3. The third kappa shape index (κ3) is 7.87. The zero-order valence-electron chi connectivity index (χ0n) is 25.9. The smallest absolute Gasteiger partial charge is 0.328 e. The van der Waals surface area contributed by atoms with Crippen LogP contribution in [0.15, 0.2) is 54.4 Å². The van der Waals surface area contributed by atoms with E-state index in [-0.39, 0.29) is 24.7 Å².